The van der Waals surface area contributed by atoms with Crippen LogP contribution in [-0.2, 0) is 4.74 Å². The average Bonchev–Trinajstić information content (AvgIpc) is 2.86. The van der Waals surface area contributed by atoms with Crippen LogP contribution in [0.4, 0.5) is 0 Å². The molecule has 2 aliphatic rings. The molecule has 0 aliphatic carbocycles. The second kappa shape index (κ2) is 15.0. The van der Waals surface area contributed by atoms with Crippen molar-refractivity contribution in [1.82, 2.24) is 25.3 Å². The molecule has 2 saturated heterocycles. The maximum absolute atomic E-state index is 5.58. The molecule has 0 bridgehead atoms. The second-order valence-corrected chi connectivity index (χ2v) is 8.59. The molecule has 2 fully saturated rings. The lowest BCUT2D eigenvalue weighted by Crippen LogP contribution is -2.53. The van der Waals surface area contributed by atoms with Gasteiger partial charge in [-0.15, -0.1) is 24.0 Å². The Morgan fingerprint density at radius 2 is 1.64 bits per heavy atom. The molecular formula is C24H43IN6O2. The van der Waals surface area contributed by atoms with Gasteiger partial charge in [0.05, 0.1) is 26.4 Å². The van der Waals surface area contributed by atoms with E-state index >= 15 is 0 Å². The molecule has 2 N–H and O–H groups in total. The second-order valence-electron chi connectivity index (χ2n) is 8.59. The Hall–Kier alpha value is -1.14. The molecule has 0 amide bonds. The van der Waals surface area contributed by atoms with Gasteiger partial charge in [0.15, 0.2) is 5.96 Å². The van der Waals surface area contributed by atoms with Crippen LogP contribution in [0.25, 0.3) is 0 Å². The molecule has 2 aliphatic heterocycles. The van der Waals surface area contributed by atoms with Crippen molar-refractivity contribution in [3.63, 3.8) is 0 Å². The fraction of sp³-hybridized carbons (Fsp3) is 0.708. The molecule has 9 heteroatoms. The summed E-state index contributed by atoms with van der Waals surface area (Å²) in [5, 5.41) is 7.11. The van der Waals surface area contributed by atoms with Gasteiger partial charge in [-0.2, -0.15) is 0 Å². The van der Waals surface area contributed by atoms with Crippen LogP contribution in [0, 0.1) is 0 Å². The number of aliphatic imine (C=N–C) groups is 1. The van der Waals surface area contributed by atoms with Gasteiger partial charge in [-0.1, -0.05) is 19.1 Å². The standard InChI is InChI=1S/C24H42N6O2.HI/c1-5-28-10-12-29(13-11-28)20(2)18-26-24(25-3)27-19-23(30-14-16-32-17-15-30)21-6-8-22(31-4)9-7-21;/h6-9,20,23H,5,10-19H2,1-4H3,(H2,25,26,27);1H. The molecule has 0 aromatic heterocycles. The maximum atomic E-state index is 5.58. The Labute approximate surface area is 217 Å². The zero-order valence-electron chi connectivity index (χ0n) is 20.8. The fourth-order valence-electron chi connectivity index (χ4n) is 4.48. The van der Waals surface area contributed by atoms with Crippen molar-refractivity contribution in [2.45, 2.75) is 25.9 Å². The molecule has 2 unspecified atom stereocenters. The number of guanidine groups is 1. The third-order valence-corrected chi connectivity index (χ3v) is 6.72. The van der Waals surface area contributed by atoms with Crippen LogP contribution in [0.15, 0.2) is 29.3 Å². The summed E-state index contributed by atoms with van der Waals surface area (Å²) in [6.07, 6.45) is 0. The average molecular weight is 575 g/mol. The lowest BCUT2D eigenvalue weighted by atomic mass is 10.0. The highest BCUT2D eigenvalue weighted by molar-refractivity contribution is 14.0. The Morgan fingerprint density at radius 1 is 1.00 bits per heavy atom. The monoisotopic (exact) mass is 574 g/mol. The van der Waals surface area contributed by atoms with Crippen LogP contribution in [0.5, 0.6) is 5.75 Å². The SMILES string of the molecule is CCN1CCN(C(C)CNC(=NC)NCC(c2ccc(OC)cc2)N2CCOCC2)CC1.I. The summed E-state index contributed by atoms with van der Waals surface area (Å²) in [5.74, 6) is 1.74. The summed E-state index contributed by atoms with van der Waals surface area (Å²) < 4.78 is 10.9. The number of ether oxygens (including phenoxy) is 2. The molecule has 1 aromatic carbocycles. The molecular weight excluding hydrogens is 531 g/mol. The van der Waals surface area contributed by atoms with Gasteiger partial charge in [-0.25, -0.2) is 0 Å². The van der Waals surface area contributed by atoms with Crippen molar-refractivity contribution < 1.29 is 9.47 Å². The van der Waals surface area contributed by atoms with Crippen molar-refractivity contribution in [1.29, 1.82) is 0 Å². The highest BCUT2D eigenvalue weighted by Crippen LogP contribution is 2.23. The van der Waals surface area contributed by atoms with Crippen molar-refractivity contribution >= 4 is 29.9 Å². The van der Waals surface area contributed by atoms with Gasteiger partial charge in [0, 0.05) is 65.4 Å². The van der Waals surface area contributed by atoms with Gasteiger partial charge < -0.3 is 25.0 Å². The topological polar surface area (TPSA) is 64.6 Å². The van der Waals surface area contributed by atoms with Crippen LogP contribution in [0.2, 0.25) is 0 Å². The van der Waals surface area contributed by atoms with E-state index in [1.165, 1.54) is 5.56 Å². The van der Waals surface area contributed by atoms with E-state index in [1.807, 2.05) is 19.2 Å². The molecule has 0 saturated carbocycles. The number of likely N-dealkylation sites (N-methyl/N-ethyl adjacent to an activating group) is 1. The first-order valence-corrected chi connectivity index (χ1v) is 12.0. The Bertz CT molecular complexity index is 691. The summed E-state index contributed by atoms with van der Waals surface area (Å²) >= 11 is 0. The van der Waals surface area contributed by atoms with Crippen molar-refractivity contribution in [2.75, 3.05) is 86.3 Å². The molecule has 33 heavy (non-hydrogen) atoms. The number of piperazine rings is 1. The van der Waals surface area contributed by atoms with E-state index < -0.39 is 0 Å². The number of rotatable bonds is 9. The lowest BCUT2D eigenvalue weighted by Gasteiger charge is -2.38. The predicted molar refractivity (Wildman–Crippen MR) is 146 cm³/mol. The predicted octanol–water partition coefficient (Wildman–Crippen LogP) is 1.88. The number of methoxy groups -OCH3 is 1. The lowest BCUT2D eigenvalue weighted by molar-refractivity contribution is 0.0170. The molecule has 2 atom stereocenters. The molecule has 0 spiro atoms. The van der Waals surface area contributed by atoms with E-state index in [2.05, 4.69) is 56.3 Å². The minimum atomic E-state index is 0. The first-order valence-electron chi connectivity index (χ1n) is 12.0. The van der Waals surface area contributed by atoms with Crippen LogP contribution in [-0.4, -0.2) is 113 Å². The number of nitrogens with zero attached hydrogens (tertiary/aromatic N) is 4. The largest absolute Gasteiger partial charge is 0.497 e. The van der Waals surface area contributed by atoms with E-state index in [-0.39, 0.29) is 30.0 Å². The zero-order valence-corrected chi connectivity index (χ0v) is 23.1. The highest BCUT2D eigenvalue weighted by atomic mass is 127. The highest BCUT2D eigenvalue weighted by Gasteiger charge is 2.24. The van der Waals surface area contributed by atoms with Crippen molar-refractivity contribution in [3.05, 3.63) is 29.8 Å². The number of hydrogen-bond acceptors (Lipinski definition) is 6. The van der Waals surface area contributed by atoms with Gasteiger partial charge in [0.1, 0.15) is 5.75 Å². The van der Waals surface area contributed by atoms with Gasteiger partial charge in [0.2, 0.25) is 0 Å². The Balaban J connectivity index is 0.00000385. The van der Waals surface area contributed by atoms with Gasteiger partial charge in [-0.3, -0.25) is 14.8 Å². The number of nitrogens with one attached hydrogen (secondary N) is 2. The minimum Gasteiger partial charge on any atom is -0.497 e. The summed E-state index contributed by atoms with van der Waals surface area (Å²) in [7, 11) is 3.55. The van der Waals surface area contributed by atoms with Gasteiger partial charge >= 0.3 is 0 Å². The van der Waals surface area contributed by atoms with E-state index in [0.29, 0.717) is 6.04 Å². The van der Waals surface area contributed by atoms with E-state index in [0.717, 1.165) is 83.8 Å². The van der Waals surface area contributed by atoms with Crippen LogP contribution >= 0.6 is 24.0 Å². The zero-order chi connectivity index (χ0) is 22.8. The van der Waals surface area contributed by atoms with Gasteiger partial charge in [-0.05, 0) is 31.2 Å². The first kappa shape index (κ1) is 28.1. The van der Waals surface area contributed by atoms with E-state index in [9.17, 15) is 0 Å². The molecule has 0 radical (unpaired) electrons. The van der Waals surface area contributed by atoms with Crippen LogP contribution in [0.1, 0.15) is 25.5 Å². The molecule has 2 heterocycles. The summed E-state index contributed by atoms with van der Waals surface area (Å²) in [4.78, 5) is 12.0. The third kappa shape index (κ3) is 8.54. The smallest absolute Gasteiger partial charge is 0.191 e. The number of benzene rings is 1. The van der Waals surface area contributed by atoms with Crippen LogP contribution in [0.3, 0.4) is 0 Å². The quantitative estimate of drug-likeness (QED) is 0.266. The van der Waals surface area contributed by atoms with Crippen molar-refractivity contribution in [2.24, 2.45) is 4.99 Å². The maximum Gasteiger partial charge on any atom is 0.191 e. The number of morpholine rings is 1. The summed E-state index contributed by atoms with van der Waals surface area (Å²) in [6, 6.07) is 9.13. The van der Waals surface area contributed by atoms with Gasteiger partial charge in [0.25, 0.3) is 0 Å². The fourth-order valence-corrected chi connectivity index (χ4v) is 4.48. The van der Waals surface area contributed by atoms with E-state index in [4.69, 9.17) is 9.47 Å². The number of halogens is 1. The summed E-state index contributed by atoms with van der Waals surface area (Å²) in [5.41, 5.74) is 1.28. The first-order chi connectivity index (χ1) is 15.6. The van der Waals surface area contributed by atoms with Crippen LogP contribution < -0.4 is 15.4 Å². The molecule has 1 aromatic rings. The normalized spacial score (nSPS) is 20.5. The van der Waals surface area contributed by atoms with Crippen molar-refractivity contribution in [3.8, 4) is 5.75 Å². The minimum absolute atomic E-state index is 0. The number of hydrogen-bond donors (Lipinski definition) is 2. The Kier molecular flexibility index (Phi) is 12.8. The molecule has 188 valence electrons. The van der Waals surface area contributed by atoms with E-state index in [1.54, 1.807) is 7.11 Å². The summed E-state index contributed by atoms with van der Waals surface area (Å²) in [6.45, 7) is 15.4. The Morgan fingerprint density at radius 3 is 2.21 bits per heavy atom. The molecule has 3 rings (SSSR count). The third-order valence-electron chi connectivity index (χ3n) is 6.72. The molecule has 8 nitrogen and oxygen atoms in total.